The van der Waals surface area contributed by atoms with Crippen LogP contribution in [0.1, 0.15) is 12.8 Å². The minimum absolute atomic E-state index is 0. The van der Waals surface area contributed by atoms with E-state index in [4.69, 9.17) is 11.5 Å². The fraction of sp³-hybridized carbons (Fsp3) is 1.00. The average molecular weight is 185 g/mol. The molecule has 0 atom stereocenters. The van der Waals surface area contributed by atoms with Crippen LogP contribution in [0.15, 0.2) is 0 Å². The molecule has 4 N–H and O–H groups in total. The molecule has 0 saturated carbocycles. The molecule has 0 aliphatic rings. The van der Waals surface area contributed by atoms with Crippen LogP contribution in [0.3, 0.4) is 0 Å². The van der Waals surface area contributed by atoms with E-state index in [1.54, 1.807) is 0 Å². The van der Waals surface area contributed by atoms with E-state index in [0.717, 1.165) is 25.9 Å². The molecule has 0 heterocycles. The Labute approximate surface area is 91.2 Å². The van der Waals surface area contributed by atoms with Gasteiger partial charge in [-0.3, -0.25) is 0 Å². The van der Waals surface area contributed by atoms with Gasteiger partial charge in [0.15, 0.2) is 0 Å². The molecule has 0 amide bonds. The third kappa shape index (κ3) is 26.4. The van der Waals surface area contributed by atoms with Crippen molar-refractivity contribution in [1.29, 1.82) is 0 Å². The maximum atomic E-state index is 5.16. The molecule has 0 aliphatic heterocycles. The third-order valence-electron chi connectivity index (χ3n) is 0.658. The fourth-order valence-corrected chi connectivity index (χ4v) is 0.289. The maximum absolute atomic E-state index is 5.16. The van der Waals surface area contributed by atoms with Crippen LogP contribution in [-0.2, 0) is 0 Å². The van der Waals surface area contributed by atoms with Crippen LogP contribution >= 0.6 is 24.8 Å². The van der Waals surface area contributed by atoms with Crippen LogP contribution in [0.2, 0.25) is 0 Å². The molecule has 56 valence electrons. The van der Waals surface area contributed by atoms with Gasteiger partial charge in [0, 0.05) is 0 Å². The number of hydrogen-bond donors (Lipinski definition) is 2. The molecule has 0 bridgehead atoms. The Hall–Kier alpha value is 1.50. The number of nitrogens with two attached hydrogens (primary N) is 2. The van der Waals surface area contributed by atoms with Gasteiger partial charge in [0.05, 0.1) is 0 Å². The molecule has 0 aliphatic carbocycles. The zero-order chi connectivity index (χ0) is 4.83. The molecule has 5 heteroatoms. The van der Waals surface area contributed by atoms with E-state index in [1.165, 1.54) is 0 Å². The van der Waals surface area contributed by atoms with Crippen molar-refractivity contribution in [3.05, 3.63) is 0 Å². The normalized spacial score (nSPS) is 6.00. The summed E-state index contributed by atoms with van der Waals surface area (Å²) < 4.78 is 0. The van der Waals surface area contributed by atoms with Crippen LogP contribution in [0.5, 0.6) is 0 Å². The van der Waals surface area contributed by atoms with Crippen molar-refractivity contribution >= 4 is 54.4 Å². The van der Waals surface area contributed by atoms with Crippen molar-refractivity contribution in [2.45, 2.75) is 12.8 Å². The first-order valence-corrected chi connectivity index (χ1v) is 2.32. The summed E-state index contributed by atoms with van der Waals surface area (Å²) >= 11 is 0. The molecule has 0 fully saturated rings. The summed E-state index contributed by atoms with van der Waals surface area (Å²) in [5.74, 6) is 0. The molecule has 0 aromatic carbocycles. The molecule has 0 aromatic rings. The van der Waals surface area contributed by atoms with E-state index in [-0.39, 0.29) is 54.4 Å². The van der Waals surface area contributed by atoms with Gasteiger partial charge in [-0.25, -0.2) is 0 Å². The molecule has 0 aromatic heterocycles. The summed E-state index contributed by atoms with van der Waals surface area (Å²) in [5, 5.41) is 0. The van der Waals surface area contributed by atoms with Gasteiger partial charge in [0.2, 0.25) is 0 Å². The molecular weight excluding hydrogens is 170 g/mol. The average Bonchev–Trinajstić information content (AvgIpc) is 1.61. The van der Waals surface area contributed by atoms with E-state index in [0.29, 0.717) is 0 Å². The van der Waals surface area contributed by atoms with Gasteiger partial charge in [-0.05, 0) is 25.9 Å². The van der Waals surface area contributed by atoms with E-state index >= 15 is 0 Å². The van der Waals surface area contributed by atoms with E-state index in [9.17, 15) is 0 Å². The monoisotopic (exact) mass is 184 g/mol. The van der Waals surface area contributed by atoms with Crippen LogP contribution in [0.4, 0.5) is 0 Å². The second-order valence-corrected chi connectivity index (χ2v) is 1.28. The number of unbranched alkanes of at least 4 members (excludes halogenated alkanes) is 1. The number of hydrogen-bond acceptors (Lipinski definition) is 2. The number of rotatable bonds is 3. The van der Waals surface area contributed by atoms with Crippen LogP contribution in [0, 0.1) is 0 Å². The minimum atomic E-state index is 0. The molecule has 0 rings (SSSR count). The van der Waals surface area contributed by atoms with Gasteiger partial charge in [0.25, 0.3) is 0 Å². The van der Waals surface area contributed by atoms with Crippen molar-refractivity contribution < 1.29 is 0 Å². The quantitative estimate of drug-likeness (QED) is 0.475. The Morgan fingerprint density at radius 3 is 1.11 bits per heavy atom. The summed E-state index contributed by atoms with van der Waals surface area (Å²) in [7, 11) is 0. The second kappa shape index (κ2) is 22.7. The van der Waals surface area contributed by atoms with E-state index in [2.05, 4.69) is 0 Å². The standard InChI is InChI=1S/C4H12N2.2ClH.Na.H/c5-3-1-2-4-6;;;;/h1-6H2;2*1H;;. The first-order valence-electron chi connectivity index (χ1n) is 2.32. The van der Waals surface area contributed by atoms with Crippen molar-refractivity contribution in [2.75, 3.05) is 13.1 Å². The van der Waals surface area contributed by atoms with E-state index < -0.39 is 0 Å². The SMILES string of the molecule is Cl.Cl.NCCCCN.[NaH]. The molecular formula is C4H15Cl2N2Na. The fourth-order valence-electron chi connectivity index (χ4n) is 0.289. The van der Waals surface area contributed by atoms with Crippen LogP contribution in [0.25, 0.3) is 0 Å². The molecule has 9 heavy (non-hydrogen) atoms. The molecule has 0 saturated heterocycles. The first kappa shape index (κ1) is 22.4. The van der Waals surface area contributed by atoms with Crippen molar-refractivity contribution in [1.82, 2.24) is 0 Å². The summed E-state index contributed by atoms with van der Waals surface area (Å²) in [4.78, 5) is 0. The van der Waals surface area contributed by atoms with Gasteiger partial charge >= 0.3 is 29.6 Å². The predicted octanol–water partition coefficient (Wildman–Crippen LogP) is -0.121. The van der Waals surface area contributed by atoms with Crippen molar-refractivity contribution in [3.8, 4) is 0 Å². The van der Waals surface area contributed by atoms with Gasteiger partial charge < -0.3 is 11.5 Å². The van der Waals surface area contributed by atoms with Gasteiger partial charge in [-0.15, -0.1) is 24.8 Å². The summed E-state index contributed by atoms with van der Waals surface area (Å²) in [5.41, 5.74) is 10.3. The van der Waals surface area contributed by atoms with Crippen molar-refractivity contribution in [2.24, 2.45) is 11.5 Å². The predicted molar refractivity (Wildman–Crippen MR) is 49.0 cm³/mol. The van der Waals surface area contributed by atoms with Crippen LogP contribution in [-0.4, -0.2) is 42.6 Å². The summed E-state index contributed by atoms with van der Waals surface area (Å²) in [6.07, 6.45) is 2.13. The zero-order valence-corrected chi connectivity index (χ0v) is 6.43. The molecule has 0 unspecified atom stereocenters. The van der Waals surface area contributed by atoms with Gasteiger partial charge in [-0.1, -0.05) is 0 Å². The Morgan fingerprint density at radius 1 is 0.778 bits per heavy atom. The molecule has 0 radical (unpaired) electrons. The van der Waals surface area contributed by atoms with Gasteiger partial charge in [-0.2, -0.15) is 0 Å². The Balaban J connectivity index is -0.0000000417. The summed E-state index contributed by atoms with van der Waals surface area (Å²) in [6, 6.07) is 0. The number of halogens is 2. The Morgan fingerprint density at radius 2 is 1.00 bits per heavy atom. The topological polar surface area (TPSA) is 52.0 Å². The molecule has 2 nitrogen and oxygen atoms in total. The van der Waals surface area contributed by atoms with Crippen molar-refractivity contribution in [3.63, 3.8) is 0 Å². The Bertz CT molecular complexity index is 28.5. The molecule has 0 spiro atoms. The summed E-state index contributed by atoms with van der Waals surface area (Å²) in [6.45, 7) is 1.55. The zero-order valence-electron chi connectivity index (χ0n) is 4.80. The van der Waals surface area contributed by atoms with Gasteiger partial charge in [0.1, 0.15) is 0 Å². The second-order valence-electron chi connectivity index (χ2n) is 1.28. The Kier molecular flexibility index (Phi) is 56.5. The van der Waals surface area contributed by atoms with Crippen LogP contribution < -0.4 is 11.5 Å². The third-order valence-corrected chi connectivity index (χ3v) is 0.658. The first-order chi connectivity index (χ1) is 2.91. The van der Waals surface area contributed by atoms with E-state index in [1.807, 2.05) is 0 Å².